The number of rotatable bonds is 1. The molecule has 1 aliphatic rings. The lowest BCUT2D eigenvalue weighted by atomic mass is 10.2. The van der Waals surface area contributed by atoms with E-state index in [1.807, 2.05) is 6.07 Å². The molecular weight excluding hydrogens is 304 g/mol. The van der Waals surface area contributed by atoms with E-state index in [0.29, 0.717) is 5.92 Å². The summed E-state index contributed by atoms with van der Waals surface area (Å²) in [5.74, 6) is 0.412. The van der Waals surface area contributed by atoms with Crippen LogP contribution in [-0.2, 0) is 5.60 Å². The molecule has 0 aromatic carbocycles. The molecule has 0 amide bonds. The predicted molar refractivity (Wildman–Crippen MR) is 57.4 cm³/mol. The first kappa shape index (κ1) is 9.19. The average molecular weight is 312 g/mol. The first-order chi connectivity index (χ1) is 5.54. The number of aliphatic hydroxyl groups is 1. The van der Waals surface area contributed by atoms with Crippen LogP contribution in [0.3, 0.4) is 0 Å². The van der Waals surface area contributed by atoms with Crippen molar-refractivity contribution in [1.29, 1.82) is 0 Å². The fraction of sp³-hybridized carbons (Fsp3) is 0.500. The van der Waals surface area contributed by atoms with E-state index in [2.05, 4.69) is 38.8 Å². The Hall–Kier alpha value is 0.620. The maximum Gasteiger partial charge on any atom is 0.102 e. The minimum atomic E-state index is -0.529. The maximum atomic E-state index is 9.98. The van der Waals surface area contributed by atoms with Crippen molar-refractivity contribution in [2.75, 3.05) is 0 Å². The van der Waals surface area contributed by atoms with Crippen molar-refractivity contribution in [1.82, 2.24) is 0 Å². The van der Waals surface area contributed by atoms with E-state index >= 15 is 0 Å². The zero-order valence-corrected chi connectivity index (χ0v) is 10.5. The van der Waals surface area contributed by atoms with Crippen LogP contribution in [0.5, 0.6) is 0 Å². The van der Waals surface area contributed by atoms with Gasteiger partial charge in [-0.1, -0.05) is 6.92 Å². The Kier molecular flexibility index (Phi) is 2.15. The molecule has 1 aromatic rings. The van der Waals surface area contributed by atoms with Crippen LogP contribution < -0.4 is 0 Å². The molecule has 66 valence electrons. The Morgan fingerprint density at radius 2 is 2.25 bits per heavy atom. The third-order valence-corrected chi connectivity index (χ3v) is 5.77. The monoisotopic (exact) mass is 310 g/mol. The van der Waals surface area contributed by atoms with Crippen molar-refractivity contribution in [3.8, 4) is 0 Å². The first-order valence-corrected chi connectivity index (χ1v) is 6.12. The van der Waals surface area contributed by atoms with Gasteiger partial charge in [0.05, 0.1) is 3.79 Å². The summed E-state index contributed by atoms with van der Waals surface area (Å²) in [6.07, 6.45) is 0.895. The highest BCUT2D eigenvalue weighted by atomic mass is 79.9. The summed E-state index contributed by atoms with van der Waals surface area (Å²) in [7, 11) is 0. The fourth-order valence-corrected chi connectivity index (χ4v) is 3.56. The highest BCUT2D eigenvalue weighted by Gasteiger charge is 2.52. The molecule has 1 saturated carbocycles. The SMILES string of the molecule is CC1CC1(O)c1cc(Br)c(Br)s1. The van der Waals surface area contributed by atoms with Crippen LogP contribution in [0.25, 0.3) is 0 Å². The Balaban J connectivity index is 2.36. The quantitative estimate of drug-likeness (QED) is 0.841. The second-order valence-electron chi connectivity index (χ2n) is 3.26. The number of thiophene rings is 1. The molecule has 2 unspecified atom stereocenters. The summed E-state index contributed by atoms with van der Waals surface area (Å²) in [4.78, 5) is 1.06. The molecule has 0 aliphatic heterocycles. The summed E-state index contributed by atoms with van der Waals surface area (Å²) in [5, 5.41) is 9.98. The zero-order chi connectivity index (χ0) is 8.93. The van der Waals surface area contributed by atoms with E-state index < -0.39 is 5.60 Å². The van der Waals surface area contributed by atoms with Crippen LogP contribution in [0.2, 0.25) is 0 Å². The smallest absolute Gasteiger partial charge is 0.102 e. The lowest BCUT2D eigenvalue weighted by Gasteiger charge is -2.03. The molecule has 12 heavy (non-hydrogen) atoms. The average Bonchev–Trinajstić information content (AvgIpc) is 2.44. The second kappa shape index (κ2) is 2.80. The van der Waals surface area contributed by atoms with Crippen molar-refractivity contribution < 1.29 is 5.11 Å². The molecule has 1 heterocycles. The van der Waals surface area contributed by atoms with Gasteiger partial charge in [-0.15, -0.1) is 11.3 Å². The van der Waals surface area contributed by atoms with Crippen molar-refractivity contribution >= 4 is 43.2 Å². The molecular formula is C8H8Br2OS. The Labute approximate surface area is 92.1 Å². The molecule has 0 spiro atoms. The van der Waals surface area contributed by atoms with Crippen LogP contribution in [0.4, 0.5) is 0 Å². The third-order valence-electron chi connectivity index (χ3n) is 2.34. The molecule has 1 aromatic heterocycles. The van der Waals surface area contributed by atoms with E-state index in [0.717, 1.165) is 19.6 Å². The van der Waals surface area contributed by atoms with Crippen LogP contribution in [0.15, 0.2) is 14.3 Å². The Bertz CT molecular complexity index is 303. The van der Waals surface area contributed by atoms with Crippen molar-refractivity contribution in [2.45, 2.75) is 18.9 Å². The standard InChI is InChI=1S/C8H8Br2OS/c1-4-3-8(4,11)6-2-5(9)7(10)12-6/h2,4,11H,3H2,1H3. The normalized spacial score (nSPS) is 33.8. The molecule has 1 fully saturated rings. The Morgan fingerprint density at radius 3 is 2.58 bits per heavy atom. The second-order valence-corrected chi connectivity index (χ2v) is 6.49. The van der Waals surface area contributed by atoms with Crippen LogP contribution in [0.1, 0.15) is 18.2 Å². The summed E-state index contributed by atoms with van der Waals surface area (Å²) in [5.41, 5.74) is -0.529. The van der Waals surface area contributed by atoms with Crippen LogP contribution in [-0.4, -0.2) is 5.11 Å². The van der Waals surface area contributed by atoms with Gasteiger partial charge in [0.15, 0.2) is 0 Å². The third kappa shape index (κ3) is 1.29. The van der Waals surface area contributed by atoms with Gasteiger partial charge in [0.1, 0.15) is 5.60 Å². The van der Waals surface area contributed by atoms with Gasteiger partial charge in [-0.3, -0.25) is 0 Å². The van der Waals surface area contributed by atoms with E-state index in [9.17, 15) is 5.11 Å². The van der Waals surface area contributed by atoms with Crippen LogP contribution in [0, 0.1) is 5.92 Å². The van der Waals surface area contributed by atoms with Gasteiger partial charge in [-0.2, -0.15) is 0 Å². The van der Waals surface area contributed by atoms with Crippen molar-refractivity contribution in [2.24, 2.45) is 5.92 Å². The number of hydrogen-bond acceptors (Lipinski definition) is 2. The van der Waals surface area contributed by atoms with Gasteiger partial charge < -0.3 is 5.11 Å². The lowest BCUT2D eigenvalue weighted by molar-refractivity contribution is 0.138. The lowest BCUT2D eigenvalue weighted by Crippen LogP contribution is -2.03. The molecule has 1 N–H and O–H groups in total. The van der Waals surface area contributed by atoms with Gasteiger partial charge in [0, 0.05) is 9.35 Å². The minimum Gasteiger partial charge on any atom is -0.384 e. The van der Waals surface area contributed by atoms with Gasteiger partial charge >= 0.3 is 0 Å². The molecule has 2 atom stereocenters. The van der Waals surface area contributed by atoms with Gasteiger partial charge in [-0.05, 0) is 50.3 Å². The Morgan fingerprint density at radius 1 is 1.67 bits per heavy atom. The van der Waals surface area contributed by atoms with Gasteiger partial charge in [-0.25, -0.2) is 0 Å². The highest BCUT2D eigenvalue weighted by molar-refractivity contribution is 9.13. The van der Waals surface area contributed by atoms with Crippen LogP contribution >= 0.6 is 43.2 Å². The summed E-state index contributed by atoms with van der Waals surface area (Å²) >= 11 is 8.43. The molecule has 0 bridgehead atoms. The topological polar surface area (TPSA) is 20.2 Å². The number of hydrogen-bond donors (Lipinski definition) is 1. The summed E-state index contributed by atoms with van der Waals surface area (Å²) < 4.78 is 2.10. The molecule has 0 saturated heterocycles. The van der Waals surface area contributed by atoms with Crippen molar-refractivity contribution in [3.05, 3.63) is 19.2 Å². The fourth-order valence-electron chi connectivity index (χ4n) is 1.31. The van der Waals surface area contributed by atoms with Crippen molar-refractivity contribution in [3.63, 3.8) is 0 Å². The molecule has 2 rings (SSSR count). The molecule has 1 aliphatic carbocycles. The first-order valence-electron chi connectivity index (χ1n) is 3.71. The molecule has 1 nitrogen and oxygen atoms in total. The summed E-state index contributed by atoms with van der Waals surface area (Å²) in [6, 6.07) is 2.00. The van der Waals surface area contributed by atoms with E-state index in [-0.39, 0.29) is 0 Å². The molecule has 0 radical (unpaired) electrons. The van der Waals surface area contributed by atoms with E-state index in [4.69, 9.17) is 0 Å². The maximum absolute atomic E-state index is 9.98. The van der Waals surface area contributed by atoms with E-state index in [1.165, 1.54) is 0 Å². The largest absolute Gasteiger partial charge is 0.384 e. The number of halogens is 2. The van der Waals surface area contributed by atoms with Gasteiger partial charge in [0.2, 0.25) is 0 Å². The highest BCUT2D eigenvalue weighted by Crippen LogP contribution is 2.55. The van der Waals surface area contributed by atoms with Gasteiger partial charge in [0.25, 0.3) is 0 Å². The minimum absolute atomic E-state index is 0.412. The molecule has 4 heteroatoms. The summed E-state index contributed by atoms with van der Waals surface area (Å²) in [6.45, 7) is 2.07. The van der Waals surface area contributed by atoms with E-state index in [1.54, 1.807) is 11.3 Å². The zero-order valence-electron chi connectivity index (χ0n) is 6.47. The predicted octanol–water partition coefficient (Wildman–Crippen LogP) is 3.50.